The summed E-state index contributed by atoms with van der Waals surface area (Å²) in [4.78, 5) is 31.6. The summed E-state index contributed by atoms with van der Waals surface area (Å²) in [5, 5.41) is 4.63. The van der Waals surface area contributed by atoms with Gasteiger partial charge in [0, 0.05) is 36.2 Å². The molecule has 2 aliphatic carbocycles. The van der Waals surface area contributed by atoms with Crippen molar-refractivity contribution >= 4 is 17.5 Å². The van der Waals surface area contributed by atoms with Gasteiger partial charge in [-0.15, -0.1) is 0 Å². The van der Waals surface area contributed by atoms with Gasteiger partial charge >= 0.3 is 0 Å². The van der Waals surface area contributed by atoms with Gasteiger partial charge in [0.05, 0.1) is 17.7 Å². The Labute approximate surface area is 223 Å². The van der Waals surface area contributed by atoms with E-state index in [0.717, 1.165) is 36.6 Å². The zero-order chi connectivity index (χ0) is 27.1. The lowest BCUT2D eigenvalue weighted by Crippen LogP contribution is -2.39. The molecule has 1 aliphatic heterocycles. The molecule has 2 amide bonds. The van der Waals surface area contributed by atoms with Crippen LogP contribution < -0.4 is 5.73 Å². The smallest absolute Gasteiger partial charge is 0.273 e. The summed E-state index contributed by atoms with van der Waals surface area (Å²) in [6.45, 7) is 2.64. The minimum absolute atomic E-state index is 0.0395. The van der Waals surface area contributed by atoms with Gasteiger partial charge in [0.15, 0.2) is 5.65 Å². The Morgan fingerprint density at radius 2 is 1.90 bits per heavy atom. The summed E-state index contributed by atoms with van der Waals surface area (Å²) < 4.78 is 31.9. The molecule has 2 unspecified atom stereocenters. The first-order valence-electron chi connectivity index (χ1n) is 13.3. The predicted molar refractivity (Wildman–Crippen MR) is 140 cm³/mol. The standard InChI is InChI=1S/C30H27F2N5O2/c1-16-20-5-3-2-4-17(20)10-11-36(16)29(39)25-13-26(18-6-7-18)37-27(34-25)14-24(35-37)21-9-8-19(12-23(21)31)30(32)15-22(30)28(33)38/h2-5,8-9,12-14,16,18,22H,6-7,10-11,15H2,1H3,(H2,33,38)/t16-,22?,30?/m1/s1. The van der Waals surface area contributed by atoms with E-state index in [-0.39, 0.29) is 35.4 Å². The fourth-order valence-corrected chi connectivity index (χ4v) is 5.97. The van der Waals surface area contributed by atoms with Crippen LogP contribution in [0.1, 0.15) is 71.0 Å². The third-order valence-corrected chi connectivity index (χ3v) is 8.49. The molecule has 2 aromatic heterocycles. The van der Waals surface area contributed by atoms with Crippen LogP contribution in [0.3, 0.4) is 0 Å². The molecule has 2 saturated carbocycles. The third kappa shape index (κ3) is 3.82. The summed E-state index contributed by atoms with van der Waals surface area (Å²) in [5.41, 5.74) is 8.05. The molecule has 0 saturated heterocycles. The van der Waals surface area contributed by atoms with Gasteiger partial charge in [0.2, 0.25) is 5.91 Å². The molecule has 3 atom stereocenters. The van der Waals surface area contributed by atoms with Crippen molar-refractivity contribution in [3.05, 3.63) is 88.5 Å². The van der Waals surface area contributed by atoms with Crippen LogP contribution in [0, 0.1) is 11.7 Å². The number of aromatic nitrogens is 3. The predicted octanol–water partition coefficient (Wildman–Crippen LogP) is 4.84. The number of nitrogens with zero attached hydrogens (tertiary/aromatic N) is 4. The SMILES string of the molecule is C[C@@H]1c2ccccc2CCN1C(=O)c1cc(C2CC2)n2nc(-c3ccc(C4(F)CC4C(N)=O)cc3F)cc2n1. The fourth-order valence-electron chi connectivity index (χ4n) is 5.97. The van der Waals surface area contributed by atoms with Crippen molar-refractivity contribution in [2.75, 3.05) is 6.54 Å². The summed E-state index contributed by atoms with van der Waals surface area (Å²) >= 11 is 0. The van der Waals surface area contributed by atoms with Gasteiger partial charge in [-0.2, -0.15) is 5.10 Å². The van der Waals surface area contributed by atoms with Crippen molar-refractivity contribution in [3.8, 4) is 11.3 Å². The molecule has 7 rings (SSSR count). The second-order valence-corrected chi connectivity index (χ2v) is 11.0. The van der Waals surface area contributed by atoms with E-state index in [1.807, 2.05) is 30.0 Å². The van der Waals surface area contributed by atoms with Crippen molar-refractivity contribution in [3.63, 3.8) is 0 Å². The minimum atomic E-state index is -1.92. The van der Waals surface area contributed by atoms with Crippen LogP contribution in [0.5, 0.6) is 0 Å². The Kier molecular flexibility index (Phi) is 5.17. The number of hydrogen-bond acceptors (Lipinski definition) is 4. The van der Waals surface area contributed by atoms with Gasteiger partial charge in [-0.1, -0.05) is 30.3 Å². The third-order valence-electron chi connectivity index (χ3n) is 8.49. The van der Waals surface area contributed by atoms with Crippen LogP contribution in [-0.2, 0) is 16.9 Å². The summed E-state index contributed by atoms with van der Waals surface area (Å²) in [7, 11) is 0. The average molecular weight is 528 g/mol. The number of primary amides is 1. The lowest BCUT2D eigenvalue weighted by Gasteiger charge is -2.35. The number of benzene rings is 2. The molecule has 0 bridgehead atoms. The zero-order valence-electron chi connectivity index (χ0n) is 21.4. The van der Waals surface area contributed by atoms with E-state index in [1.54, 1.807) is 10.6 Å². The van der Waals surface area contributed by atoms with Gasteiger partial charge in [-0.3, -0.25) is 9.59 Å². The molecular formula is C30H27F2N5O2. The van der Waals surface area contributed by atoms with Crippen molar-refractivity contribution in [1.82, 2.24) is 19.5 Å². The Morgan fingerprint density at radius 3 is 2.62 bits per heavy atom. The van der Waals surface area contributed by atoms with E-state index in [9.17, 15) is 9.59 Å². The van der Waals surface area contributed by atoms with Gasteiger partial charge in [0.25, 0.3) is 5.91 Å². The van der Waals surface area contributed by atoms with Crippen LogP contribution in [-0.4, -0.2) is 37.9 Å². The highest BCUT2D eigenvalue weighted by molar-refractivity contribution is 5.93. The van der Waals surface area contributed by atoms with Gasteiger partial charge in [-0.05, 0) is 61.1 Å². The maximum atomic E-state index is 15.2. The molecule has 2 N–H and O–H groups in total. The van der Waals surface area contributed by atoms with E-state index >= 15 is 8.78 Å². The Hall–Kier alpha value is -4.14. The first-order chi connectivity index (χ1) is 18.7. The second-order valence-electron chi connectivity index (χ2n) is 11.0. The van der Waals surface area contributed by atoms with Gasteiger partial charge < -0.3 is 10.6 Å². The molecular weight excluding hydrogens is 500 g/mol. The van der Waals surface area contributed by atoms with Crippen molar-refractivity contribution in [2.45, 2.75) is 50.2 Å². The number of fused-ring (bicyclic) bond motifs is 2. The molecule has 2 fully saturated rings. The highest BCUT2D eigenvalue weighted by atomic mass is 19.1. The van der Waals surface area contributed by atoms with Gasteiger partial charge in [0.1, 0.15) is 17.2 Å². The average Bonchev–Trinajstić information content (AvgIpc) is 3.84. The number of hydrogen-bond donors (Lipinski definition) is 1. The van der Waals surface area contributed by atoms with Crippen LogP contribution in [0.2, 0.25) is 0 Å². The van der Waals surface area contributed by atoms with Crippen LogP contribution in [0.25, 0.3) is 16.9 Å². The Bertz CT molecular complexity index is 1680. The molecule has 7 nitrogen and oxygen atoms in total. The first kappa shape index (κ1) is 23.9. The topological polar surface area (TPSA) is 93.6 Å². The maximum Gasteiger partial charge on any atom is 0.273 e. The van der Waals surface area contributed by atoms with E-state index in [1.165, 1.54) is 17.7 Å². The quantitative estimate of drug-likeness (QED) is 0.402. The molecule has 9 heteroatoms. The lowest BCUT2D eigenvalue weighted by atomic mass is 9.93. The van der Waals surface area contributed by atoms with E-state index in [2.05, 4.69) is 22.2 Å². The molecule has 3 aliphatic rings. The fraction of sp³-hybridized carbons (Fsp3) is 0.333. The second kappa shape index (κ2) is 8.43. The molecule has 198 valence electrons. The monoisotopic (exact) mass is 527 g/mol. The van der Waals surface area contributed by atoms with Crippen molar-refractivity contribution in [1.29, 1.82) is 0 Å². The number of amides is 2. The molecule has 2 aromatic carbocycles. The molecule has 0 spiro atoms. The summed E-state index contributed by atoms with van der Waals surface area (Å²) in [5.74, 6) is -2.19. The number of halogens is 2. The molecule has 39 heavy (non-hydrogen) atoms. The number of nitrogens with two attached hydrogens (primary N) is 1. The van der Waals surface area contributed by atoms with E-state index < -0.39 is 23.3 Å². The van der Waals surface area contributed by atoms with Gasteiger partial charge in [-0.25, -0.2) is 18.3 Å². The largest absolute Gasteiger partial charge is 0.369 e. The normalized spacial score (nSPS) is 24.0. The van der Waals surface area contributed by atoms with E-state index in [4.69, 9.17) is 5.73 Å². The molecule has 3 heterocycles. The minimum Gasteiger partial charge on any atom is -0.369 e. The molecule has 0 radical (unpaired) electrons. The highest BCUT2D eigenvalue weighted by Crippen LogP contribution is 2.55. The van der Waals surface area contributed by atoms with E-state index in [0.29, 0.717) is 23.6 Å². The van der Waals surface area contributed by atoms with Crippen LogP contribution in [0.4, 0.5) is 8.78 Å². The van der Waals surface area contributed by atoms with Crippen molar-refractivity contribution in [2.24, 2.45) is 11.7 Å². The first-order valence-corrected chi connectivity index (χ1v) is 13.3. The summed E-state index contributed by atoms with van der Waals surface area (Å²) in [6, 6.07) is 15.7. The Morgan fingerprint density at radius 1 is 1.10 bits per heavy atom. The maximum absolute atomic E-state index is 15.2. The number of rotatable bonds is 5. The molecule has 4 aromatic rings. The van der Waals surface area contributed by atoms with Crippen molar-refractivity contribution < 1.29 is 18.4 Å². The van der Waals surface area contributed by atoms with Crippen LogP contribution >= 0.6 is 0 Å². The number of carbonyl (C=O) groups is 2. The lowest BCUT2D eigenvalue weighted by molar-refractivity contribution is -0.120. The number of alkyl halides is 1. The number of carbonyl (C=O) groups excluding carboxylic acids is 2. The zero-order valence-corrected chi connectivity index (χ0v) is 21.4. The summed E-state index contributed by atoms with van der Waals surface area (Å²) in [6.07, 6.45) is 2.72. The highest BCUT2D eigenvalue weighted by Gasteiger charge is 2.60. The van der Waals surface area contributed by atoms with Crippen LogP contribution in [0.15, 0.2) is 54.6 Å². The Balaban J connectivity index is 1.24.